The maximum absolute atomic E-state index is 13.4. The number of pyridine rings is 1. The van der Waals surface area contributed by atoms with Gasteiger partial charge in [-0.3, -0.25) is 14.3 Å². The van der Waals surface area contributed by atoms with Gasteiger partial charge in [-0.1, -0.05) is 42.5 Å². The van der Waals surface area contributed by atoms with E-state index in [0.29, 0.717) is 42.3 Å². The summed E-state index contributed by atoms with van der Waals surface area (Å²) in [5.74, 6) is -0.0153. The van der Waals surface area contributed by atoms with Gasteiger partial charge in [0.1, 0.15) is 5.69 Å². The van der Waals surface area contributed by atoms with E-state index in [0.717, 1.165) is 5.39 Å². The highest BCUT2D eigenvalue weighted by molar-refractivity contribution is 7.92. The van der Waals surface area contributed by atoms with E-state index in [1.807, 2.05) is 46.7 Å². The van der Waals surface area contributed by atoms with Crippen LogP contribution in [0.5, 0.6) is 0 Å². The lowest BCUT2D eigenvalue weighted by Gasteiger charge is -2.37. The Hall–Kier alpha value is -3.63. The van der Waals surface area contributed by atoms with Gasteiger partial charge < -0.3 is 14.4 Å². The zero-order chi connectivity index (χ0) is 24.6. The van der Waals surface area contributed by atoms with Crippen LogP contribution in [0.15, 0.2) is 81.8 Å². The maximum Gasteiger partial charge on any atom is 0.277 e. The van der Waals surface area contributed by atoms with Crippen molar-refractivity contribution in [3.8, 4) is 0 Å². The third-order valence-electron chi connectivity index (χ3n) is 6.18. The molecular formula is C25H24N4O4S2. The fourth-order valence-corrected chi connectivity index (χ4v) is 6.16. The van der Waals surface area contributed by atoms with Gasteiger partial charge in [-0.15, -0.1) is 11.3 Å². The van der Waals surface area contributed by atoms with E-state index >= 15 is 0 Å². The minimum atomic E-state index is -3.99. The fraction of sp³-hybridized carbons (Fsp3) is 0.200. The summed E-state index contributed by atoms with van der Waals surface area (Å²) < 4.78 is 30.4. The van der Waals surface area contributed by atoms with Gasteiger partial charge in [-0.05, 0) is 29.6 Å². The zero-order valence-electron chi connectivity index (χ0n) is 19.0. The van der Waals surface area contributed by atoms with Crippen LogP contribution in [0.4, 0.5) is 11.4 Å². The van der Waals surface area contributed by atoms with Gasteiger partial charge >= 0.3 is 0 Å². The van der Waals surface area contributed by atoms with Gasteiger partial charge in [-0.25, -0.2) is 8.42 Å². The number of fused-ring (bicyclic) bond motifs is 1. The first-order valence-electron chi connectivity index (χ1n) is 11.1. The number of hydrogen-bond acceptors (Lipinski definition) is 6. The van der Waals surface area contributed by atoms with Gasteiger partial charge in [0.25, 0.3) is 21.5 Å². The van der Waals surface area contributed by atoms with Crippen LogP contribution in [0, 0.1) is 0 Å². The SMILES string of the molecule is Cn1c(=O)c(NS(=O)(=O)c2ccccc2)c(N2CCN(C(=O)c3cccs3)CC2)c2ccccc21. The van der Waals surface area contributed by atoms with Crippen molar-refractivity contribution in [1.29, 1.82) is 0 Å². The molecular weight excluding hydrogens is 484 g/mol. The molecule has 0 atom stereocenters. The van der Waals surface area contributed by atoms with Gasteiger partial charge in [0.2, 0.25) is 0 Å². The van der Waals surface area contributed by atoms with Crippen LogP contribution < -0.4 is 15.2 Å². The monoisotopic (exact) mass is 508 g/mol. The highest BCUT2D eigenvalue weighted by Crippen LogP contribution is 2.34. The van der Waals surface area contributed by atoms with E-state index in [1.165, 1.54) is 28.0 Å². The molecule has 1 aliphatic rings. The number of carbonyl (C=O) groups excluding carboxylic acids is 1. The first kappa shape index (κ1) is 23.1. The summed E-state index contributed by atoms with van der Waals surface area (Å²) in [4.78, 5) is 30.8. The number of aryl methyl sites for hydroxylation is 1. The van der Waals surface area contributed by atoms with Crippen molar-refractivity contribution in [3.63, 3.8) is 0 Å². The van der Waals surface area contributed by atoms with Crippen molar-refractivity contribution in [2.24, 2.45) is 7.05 Å². The van der Waals surface area contributed by atoms with Crippen LogP contribution in [0.2, 0.25) is 0 Å². The van der Waals surface area contributed by atoms with E-state index in [9.17, 15) is 18.0 Å². The molecule has 1 N–H and O–H groups in total. The van der Waals surface area contributed by atoms with Crippen molar-refractivity contribution in [1.82, 2.24) is 9.47 Å². The average Bonchev–Trinajstić information content (AvgIpc) is 3.43. The number of hydrogen-bond donors (Lipinski definition) is 1. The van der Waals surface area contributed by atoms with Crippen LogP contribution in [-0.2, 0) is 17.1 Å². The Morgan fingerprint density at radius 1 is 0.914 bits per heavy atom. The molecule has 0 saturated carbocycles. The second-order valence-electron chi connectivity index (χ2n) is 8.28. The molecule has 8 nitrogen and oxygen atoms in total. The largest absolute Gasteiger partial charge is 0.366 e. The Bertz CT molecular complexity index is 1540. The number of para-hydroxylation sites is 1. The van der Waals surface area contributed by atoms with Crippen LogP contribution in [0.25, 0.3) is 10.9 Å². The van der Waals surface area contributed by atoms with Crippen molar-refractivity contribution >= 4 is 49.5 Å². The van der Waals surface area contributed by atoms with E-state index in [4.69, 9.17) is 0 Å². The molecule has 0 unspecified atom stereocenters. The van der Waals surface area contributed by atoms with E-state index in [2.05, 4.69) is 4.72 Å². The molecule has 1 saturated heterocycles. The molecule has 0 bridgehead atoms. The minimum Gasteiger partial charge on any atom is -0.366 e. The lowest BCUT2D eigenvalue weighted by Crippen LogP contribution is -2.49. The molecule has 1 amide bonds. The van der Waals surface area contributed by atoms with Crippen LogP contribution in [-0.4, -0.2) is 50.0 Å². The fourth-order valence-electron chi connectivity index (χ4n) is 4.38. The van der Waals surface area contributed by atoms with E-state index in [1.54, 1.807) is 30.1 Å². The maximum atomic E-state index is 13.4. The molecule has 2 aromatic heterocycles. The Labute approximate surface area is 207 Å². The Balaban J connectivity index is 1.55. The van der Waals surface area contributed by atoms with E-state index < -0.39 is 15.6 Å². The van der Waals surface area contributed by atoms with Gasteiger partial charge in [0.05, 0.1) is 21.0 Å². The van der Waals surface area contributed by atoms with Crippen molar-refractivity contribution < 1.29 is 13.2 Å². The molecule has 1 aliphatic heterocycles. The summed E-state index contributed by atoms with van der Waals surface area (Å²) in [5, 5.41) is 2.64. The van der Waals surface area contributed by atoms with Crippen molar-refractivity contribution in [2.75, 3.05) is 35.8 Å². The predicted molar refractivity (Wildman–Crippen MR) is 139 cm³/mol. The molecule has 3 heterocycles. The number of nitrogens with one attached hydrogen (secondary N) is 1. The van der Waals surface area contributed by atoms with Crippen LogP contribution in [0.3, 0.4) is 0 Å². The molecule has 180 valence electrons. The lowest BCUT2D eigenvalue weighted by atomic mass is 10.1. The number of anilines is 2. The van der Waals surface area contributed by atoms with Crippen molar-refractivity contribution in [3.05, 3.63) is 87.3 Å². The molecule has 5 rings (SSSR count). The summed E-state index contributed by atoms with van der Waals surface area (Å²) >= 11 is 1.41. The number of piperazine rings is 1. The number of carbonyl (C=O) groups is 1. The molecule has 10 heteroatoms. The average molecular weight is 509 g/mol. The predicted octanol–water partition coefficient (Wildman–Crippen LogP) is 3.36. The van der Waals surface area contributed by atoms with Crippen LogP contribution >= 0.6 is 11.3 Å². The number of amides is 1. The standard InChI is InChI=1S/C25H24N4O4S2/c1-27-20-11-6-5-10-19(20)23(22(25(27)31)26-35(32,33)18-8-3-2-4-9-18)28-13-15-29(16-14-28)24(30)21-12-7-17-34-21/h2-12,17,26H,13-16H2,1H3. The van der Waals surface area contributed by atoms with Gasteiger partial charge in [0.15, 0.2) is 0 Å². The normalized spacial score (nSPS) is 14.3. The number of rotatable bonds is 5. The quantitative estimate of drug-likeness (QED) is 0.446. The highest BCUT2D eigenvalue weighted by Gasteiger charge is 2.29. The number of sulfonamides is 1. The zero-order valence-corrected chi connectivity index (χ0v) is 20.7. The lowest BCUT2D eigenvalue weighted by molar-refractivity contribution is 0.0752. The molecule has 2 aromatic carbocycles. The van der Waals surface area contributed by atoms with E-state index in [-0.39, 0.29) is 16.5 Å². The summed E-state index contributed by atoms with van der Waals surface area (Å²) in [5.41, 5.74) is 0.807. The first-order chi connectivity index (χ1) is 16.9. The summed E-state index contributed by atoms with van der Waals surface area (Å²) in [7, 11) is -2.36. The smallest absolute Gasteiger partial charge is 0.277 e. The molecule has 35 heavy (non-hydrogen) atoms. The first-order valence-corrected chi connectivity index (χ1v) is 13.5. The highest BCUT2D eigenvalue weighted by atomic mass is 32.2. The number of thiophene rings is 1. The number of benzene rings is 2. The second kappa shape index (κ2) is 9.20. The Morgan fingerprint density at radius 3 is 2.29 bits per heavy atom. The second-order valence-corrected chi connectivity index (χ2v) is 10.9. The number of nitrogens with zero attached hydrogens (tertiary/aromatic N) is 3. The van der Waals surface area contributed by atoms with Crippen molar-refractivity contribution in [2.45, 2.75) is 4.90 Å². The minimum absolute atomic E-state index is 0.00749. The molecule has 4 aromatic rings. The Kier molecular flexibility index (Phi) is 6.08. The molecule has 1 fully saturated rings. The summed E-state index contributed by atoms with van der Waals surface area (Å²) in [6, 6.07) is 19.1. The molecule has 0 spiro atoms. The van der Waals surface area contributed by atoms with Gasteiger partial charge in [-0.2, -0.15) is 0 Å². The third kappa shape index (κ3) is 4.30. The Morgan fingerprint density at radius 2 is 1.60 bits per heavy atom. The van der Waals surface area contributed by atoms with Crippen LogP contribution in [0.1, 0.15) is 9.67 Å². The number of aromatic nitrogens is 1. The third-order valence-corrected chi connectivity index (χ3v) is 8.40. The molecule has 0 aliphatic carbocycles. The topological polar surface area (TPSA) is 91.7 Å². The van der Waals surface area contributed by atoms with Gasteiger partial charge in [0, 0.05) is 38.6 Å². The summed E-state index contributed by atoms with van der Waals surface area (Å²) in [6.07, 6.45) is 0. The molecule has 0 radical (unpaired) electrons. The summed E-state index contributed by atoms with van der Waals surface area (Å²) in [6.45, 7) is 1.86.